The molecule has 4 nitrogen and oxygen atoms in total. The zero-order valence-electron chi connectivity index (χ0n) is 10.7. The van der Waals surface area contributed by atoms with Gasteiger partial charge in [-0.1, -0.05) is 13.3 Å². The molecule has 1 aliphatic rings. The van der Waals surface area contributed by atoms with E-state index >= 15 is 0 Å². The summed E-state index contributed by atoms with van der Waals surface area (Å²) in [4.78, 5) is 18.4. The fourth-order valence-electron chi connectivity index (χ4n) is 2.38. The molecule has 0 N–H and O–H groups in total. The van der Waals surface area contributed by atoms with Crippen LogP contribution in [-0.4, -0.2) is 34.0 Å². The van der Waals surface area contributed by atoms with Gasteiger partial charge in [-0.25, -0.2) is 4.98 Å². The van der Waals surface area contributed by atoms with Crippen molar-refractivity contribution in [3.05, 3.63) is 18.2 Å². The van der Waals surface area contributed by atoms with Crippen LogP contribution in [0.15, 0.2) is 12.4 Å². The molecule has 1 aliphatic heterocycles. The number of fused-ring (bicyclic) bond motifs is 1. The summed E-state index contributed by atoms with van der Waals surface area (Å²) in [5, 5.41) is 0. The van der Waals surface area contributed by atoms with E-state index in [0.29, 0.717) is 0 Å². The van der Waals surface area contributed by atoms with Gasteiger partial charge in [0.1, 0.15) is 5.82 Å². The first-order valence-corrected chi connectivity index (χ1v) is 6.47. The molecule has 0 fully saturated rings. The molecule has 0 bridgehead atoms. The molecule has 4 heteroatoms. The SMILES string of the molecule is CCCCN(C)C(=O)C1CCn2ccnc2C1. The summed E-state index contributed by atoms with van der Waals surface area (Å²) in [7, 11) is 1.92. The molecule has 0 spiro atoms. The van der Waals surface area contributed by atoms with Crippen molar-refractivity contribution in [3.63, 3.8) is 0 Å². The van der Waals surface area contributed by atoms with Crippen LogP contribution in [0.3, 0.4) is 0 Å². The van der Waals surface area contributed by atoms with Crippen LogP contribution in [0.25, 0.3) is 0 Å². The van der Waals surface area contributed by atoms with Gasteiger partial charge in [0.15, 0.2) is 0 Å². The summed E-state index contributed by atoms with van der Waals surface area (Å²) in [6.07, 6.45) is 7.77. The van der Waals surface area contributed by atoms with Crippen LogP contribution in [0.2, 0.25) is 0 Å². The van der Waals surface area contributed by atoms with E-state index in [4.69, 9.17) is 0 Å². The van der Waals surface area contributed by atoms with Crippen molar-refractivity contribution < 1.29 is 4.79 Å². The van der Waals surface area contributed by atoms with E-state index in [9.17, 15) is 4.79 Å². The molecule has 1 amide bonds. The molecule has 1 aromatic rings. The monoisotopic (exact) mass is 235 g/mol. The third kappa shape index (κ3) is 2.68. The molecule has 0 saturated heterocycles. The van der Waals surface area contributed by atoms with E-state index in [1.54, 1.807) is 0 Å². The van der Waals surface area contributed by atoms with Crippen LogP contribution in [0.1, 0.15) is 32.0 Å². The summed E-state index contributed by atoms with van der Waals surface area (Å²) >= 11 is 0. The maximum absolute atomic E-state index is 12.2. The van der Waals surface area contributed by atoms with E-state index in [2.05, 4.69) is 16.5 Å². The number of nitrogens with zero attached hydrogens (tertiary/aromatic N) is 3. The number of imidazole rings is 1. The highest BCUT2D eigenvalue weighted by Crippen LogP contribution is 2.20. The predicted octanol–water partition coefficient (Wildman–Crippen LogP) is 1.70. The Morgan fingerprint density at radius 2 is 2.47 bits per heavy atom. The lowest BCUT2D eigenvalue weighted by atomic mass is 9.96. The van der Waals surface area contributed by atoms with E-state index in [-0.39, 0.29) is 11.8 Å². The van der Waals surface area contributed by atoms with Crippen molar-refractivity contribution >= 4 is 5.91 Å². The van der Waals surface area contributed by atoms with Gasteiger partial charge in [0.25, 0.3) is 0 Å². The van der Waals surface area contributed by atoms with Crippen LogP contribution < -0.4 is 0 Å². The van der Waals surface area contributed by atoms with Crippen LogP contribution in [0.4, 0.5) is 0 Å². The summed E-state index contributed by atoms with van der Waals surface area (Å²) < 4.78 is 2.15. The molecule has 1 aromatic heterocycles. The molecule has 94 valence electrons. The van der Waals surface area contributed by atoms with Gasteiger partial charge in [-0.15, -0.1) is 0 Å². The lowest BCUT2D eigenvalue weighted by molar-refractivity contribution is -0.134. The molecule has 0 saturated carbocycles. The maximum atomic E-state index is 12.2. The van der Waals surface area contributed by atoms with Gasteiger partial charge in [0.2, 0.25) is 5.91 Å². The van der Waals surface area contributed by atoms with Crippen molar-refractivity contribution in [2.45, 2.75) is 39.2 Å². The van der Waals surface area contributed by atoms with Gasteiger partial charge in [0, 0.05) is 44.9 Å². The predicted molar refractivity (Wildman–Crippen MR) is 66.6 cm³/mol. The van der Waals surface area contributed by atoms with Crippen LogP contribution in [-0.2, 0) is 17.8 Å². The highest BCUT2D eigenvalue weighted by atomic mass is 16.2. The Kier molecular flexibility index (Phi) is 3.82. The van der Waals surface area contributed by atoms with Gasteiger partial charge in [-0.05, 0) is 12.8 Å². The normalized spacial score (nSPS) is 18.8. The number of carbonyl (C=O) groups excluding carboxylic acids is 1. The Morgan fingerprint density at radius 1 is 1.65 bits per heavy atom. The fourth-order valence-corrected chi connectivity index (χ4v) is 2.38. The zero-order chi connectivity index (χ0) is 12.3. The highest BCUT2D eigenvalue weighted by Gasteiger charge is 2.27. The summed E-state index contributed by atoms with van der Waals surface area (Å²) in [6, 6.07) is 0. The van der Waals surface area contributed by atoms with Crippen molar-refractivity contribution in [3.8, 4) is 0 Å². The van der Waals surface area contributed by atoms with Crippen molar-refractivity contribution in [2.75, 3.05) is 13.6 Å². The number of rotatable bonds is 4. The summed E-state index contributed by atoms with van der Waals surface area (Å²) in [5.74, 6) is 1.47. The van der Waals surface area contributed by atoms with Gasteiger partial charge < -0.3 is 9.47 Å². The average molecular weight is 235 g/mol. The Morgan fingerprint density at radius 3 is 3.24 bits per heavy atom. The number of hydrogen-bond donors (Lipinski definition) is 0. The first kappa shape index (κ1) is 12.1. The largest absolute Gasteiger partial charge is 0.346 e. The van der Waals surface area contributed by atoms with Crippen LogP contribution in [0.5, 0.6) is 0 Å². The van der Waals surface area contributed by atoms with Crippen molar-refractivity contribution in [1.29, 1.82) is 0 Å². The molecule has 2 rings (SSSR count). The Hall–Kier alpha value is -1.32. The molecule has 0 aromatic carbocycles. The van der Waals surface area contributed by atoms with Crippen molar-refractivity contribution in [2.24, 2.45) is 5.92 Å². The van der Waals surface area contributed by atoms with Gasteiger partial charge >= 0.3 is 0 Å². The minimum Gasteiger partial charge on any atom is -0.346 e. The number of aromatic nitrogens is 2. The summed E-state index contributed by atoms with van der Waals surface area (Å²) in [5.41, 5.74) is 0. The zero-order valence-corrected chi connectivity index (χ0v) is 10.7. The second-order valence-corrected chi connectivity index (χ2v) is 4.84. The lowest BCUT2D eigenvalue weighted by Crippen LogP contribution is -2.37. The van der Waals surface area contributed by atoms with Crippen molar-refractivity contribution in [1.82, 2.24) is 14.5 Å². The van der Waals surface area contributed by atoms with E-state index in [1.807, 2.05) is 24.3 Å². The van der Waals surface area contributed by atoms with Gasteiger partial charge in [-0.3, -0.25) is 4.79 Å². The molecular formula is C13H21N3O. The van der Waals surface area contributed by atoms with E-state index < -0.39 is 0 Å². The molecular weight excluding hydrogens is 214 g/mol. The Balaban J connectivity index is 1.93. The average Bonchev–Trinajstić information content (AvgIpc) is 2.81. The summed E-state index contributed by atoms with van der Waals surface area (Å²) in [6.45, 7) is 3.95. The first-order chi connectivity index (χ1) is 8.22. The molecule has 1 atom stereocenters. The minimum absolute atomic E-state index is 0.131. The standard InChI is InChI=1S/C13H21N3O/c1-3-4-7-15(2)13(17)11-5-8-16-9-6-14-12(16)10-11/h6,9,11H,3-5,7-8,10H2,1-2H3. The molecule has 17 heavy (non-hydrogen) atoms. The number of amides is 1. The number of aryl methyl sites for hydroxylation is 1. The maximum Gasteiger partial charge on any atom is 0.225 e. The number of unbranched alkanes of at least 4 members (excludes halogenated alkanes) is 1. The first-order valence-electron chi connectivity index (χ1n) is 6.47. The Labute approximate surface area is 103 Å². The third-order valence-corrected chi connectivity index (χ3v) is 3.52. The topological polar surface area (TPSA) is 38.1 Å². The quantitative estimate of drug-likeness (QED) is 0.796. The molecule has 0 aliphatic carbocycles. The van der Waals surface area contributed by atoms with E-state index in [0.717, 1.165) is 44.6 Å². The van der Waals surface area contributed by atoms with Gasteiger partial charge in [-0.2, -0.15) is 0 Å². The second-order valence-electron chi connectivity index (χ2n) is 4.84. The minimum atomic E-state index is 0.131. The number of hydrogen-bond acceptors (Lipinski definition) is 2. The second kappa shape index (κ2) is 5.34. The van der Waals surface area contributed by atoms with Gasteiger partial charge in [0.05, 0.1) is 0 Å². The van der Waals surface area contributed by atoms with Crippen LogP contribution in [0, 0.1) is 5.92 Å². The van der Waals surface area contributed by atoms with Crippen LogP contribution >= 0.6 is 0 Å². The Bertz CT molecular complexity index is 386. The molecule has 0 radical (unpaired) electrons. The highest BCUT2D eigenvalue weighted by molar-refractivity contribution is 5.78. The third-order valence-electron chi connectivity index (χ3n) is 3.52. The molecule has 1 unspecified atom stereocenters. The smallest absolute Gasteiger partial charge is 0.225 e. The lowest BCUT2D eigenvalue weighted by Gasteiger charge is -2.27. The van der Waals surface area contributed by atoms with E-state index in [1.165, 1.54) is 0 Å². The molecule has 2 heterocycles. The fraction of sp³-hybridized carbons (Fsp3) is 0.692. The number of carbonyl (C=O) groups is 1.